The predicted molar refractivity (Wildman–Crippen MR) is 70.7 cm³/mol. The van der Waals surface area contributed by atoms with Crippen LogP contribution in [0.25, 0.3) is 0 Å². The lowest BCUT2D eigenvalue weighted by Gasteiger charge is -2.29. The maximum absolute atomic E-state index is 11.9. The Morgan fingerprint density at radius 3 is 2.80 bits per heavy atom. The fraction of sp³-hybridized carbons (Fsp3) is 0.429. The van der Waals surface area contributed by atoms with Crippen molar-refractivity contribution >= 4 is 17.6 Å². The second kappa shape index (κ2) is 4.21. The number of nitrogens with zero attached hydrogens (tertiary/aromatic N) is 1. The van der Waals surface area contributed by atoms with Crippen LogP contribution in [-0.2, 0) is 19.9 Å². The minimum Gasteiger partial charge on any atom is -0.467 e. The molecular formula is C14H16N2O4. The quantitative estimate of drug-likeness (QED) is 0.727. The summed E-state index contributed by atoms with van der Waals surface area (Å²) < 4.78 is 4.74. The fourth-order valence-electron chi connectivity index (χ4n) is 3.23. The normalized spacial score (nSPS) is 30.4. The summed E-state index contributed by atoms with van der Waals surface area (Å²) in [5, 5.41) is 14.1. The lowest BCUT2D eigenvalue weighted by molar-refractivity contribution is -0.151. The lowest BCUT2D eigenvalue weighted by Crippen LogP contribution is -2.49. The minimum atomic E-state index is -1.26. The van der Waals surface area contributed by atoms with E-state index in [-0.39, 0.29) is 12.3 Å². The Labute approximate surface area is 116 Å². The number of para-hydroxylation sites is 1. The van der Waals surface area contributed by atoms with Crippen molar-refractivity contribution in [3.63, 3.8) is 0 Å². The van der Waals surface area contributed by atoms with E-state index in [4.69, 9.17) is 4.74 Å². The summed E-state index contributed by atoms with van der Waals surface area (Å²) in [4.78, 5) is 25.1. The Bertz CT molecular complexity index is 588. The molecule has 3 rings (SSSR count). The average molecular weight is 276 g/mol. The molecule has 1 aromatic rings. The number of ether oxygens (including phenoxy) is 1. The first-order valence-corrected chi connectivity index (χ1v) is 6.44. The van der Waals surface area contributed by atoms with Gasteiger partial charge in [0.15, 0.2) is 0 Å². The maximum atomic E-state index is 11.9. The topological polar surface area (TPSA) is 78.9 Å². The van der Waals surface area contributed by atoms with E-state index in [2.05, 4.69) is 5.32 Å². The molecule has 0 spiro atoms. The van der Waals surface area contributed by atoms with E-state index >= 15 is 0 Å². The molecule has 2 aliphatic heterocycles. The van der Waals surface area contributed by atoms with Gasteiger partial charge in [0.05, 0.1) is 7.11 Å². The molecule has 0 unspecified atom stereocenters. The van der Waals surface area contributed by atoms with Gasteiger partial charge in [-0.2, -0.15) is 0 Å². The number of methoxy groups -OCH3 is 1. The van der Waals surface area contributed by atoms with Crippen LogP contribution in [0, 0.1) is 0 Å². The van der Waals surface area contributed by atoms with E-state index in [1.54, 1.807) is 6.07 Å². The molecule has 6 heteroatoms. The molecular weight excluding hydrogens is 260 g/mol. The van der Waals surface area contributed by atoms with Crippen molar-refractivity contribution in [3.8, 4) is 0 Å². The number of fused-ring (bicyclic) bond motifs is 3. The van der Waals surface area contributed by atoms with E-state index in [0.717, 1.165) is 5.69 Å². The molecule has 0 aromatic heterocycles. The van der Waals surface area contributed by atoms with Crippen LogP contribution in [0.4, 0.5) is 5.69 Å². The van der Waals surface area contributed by atoms with Crippen molar-refractivity contribution in [1.82, 2.24) is 4.90 Å². The van der Waals surface area contributed by atoms with Crippen molar-refractivity contribution < 1.29 is 19.4 Å². The Balaban J connectivity index is 2.06. The van der Waals surface area contributed by atoms with Gasteiger partial charge in [-0.05, 0) is 6.07 Å². The highest BCUT2D eigenvalue weighted by molar-refractivity contribution is 5.86. The van der Waals surface area contributed by atoms with Gasteiger partial charge in [0, 0.05) is 24.6 Å². The van der Waals surface area contributed by atoms with Gasteiger partial charge in [0.25, 0.3) is 0 Å². The van der Waals surface area contributed by atoms with Gasteiger partial charge in [-0.1, -0.05) is 18.2 Å². The van der Waals surface area contributed by atoms with Crippen LogP contribution in [0.5, 0.6) is 0 Å². The number of aliphatic hydroxyl groups is 1. The van der Waals surface area contributed by atoms with Crippen LogP contribution >= 0.6 is 0 Å². The molecule has 2 heterocycles. The number of esters is 1. The largest absolute Gasteiger partial charge is 0.467 e. The lowest BCUT2D eigenvalue weighted by atomic mass is 9.91. The molecule has 0 radical (unpaired) electrons. The second-order valence-corrected chi connectivity index (χ2v) is 5.19. The molecule has 3 atom stereocenters. The Morgan fingerprint density at radius 2 is 2.15 bits per heavy atom. The number of anilines is 1. The van der Waals surface area contributed by atoms with Gasteiger partial charge in [0.2, 0.25) is 5.91 Å². The summed E-state index contributed by atoms with van der Waals surface area (Å²) in [6.45, 7) is 1.38. The first-order chi connectivity index (χ1) is 9.49. The second-order valence-electron chi connectivity index (χ2n) is 5.19. The molecule has 2 aliphatic rings. The molecule has 2 N–H and O–H groups in total. The van der Waals surface area contributed by atoms with Crippen LogP contribution in [0.15, 0.2) is 24.3 Å². The number of hydrogen-bond acceptors (Lipinski definition) is 5. The van der Waals surface area contributed by atoms with E-state index in [0.29, 0.717) is 5.56 Å². The first-order valence-electron chi connectivity index (χ1n) is 6.44. The zero-order chi connectivity index (χ0) is 14.5. The maximum Gasteiger partial charge on any atom is 0.328 e. The smallest absolute Gasteiger partial charge is 0.328 e. The summed E-state index contributed by atoms with van der Waals surface area (Å²) in [6, 6.07) is 6.56. The molecule has 0 bridgehead atoms. The number of hydrogen-bond donors (Lipinski definition) is 2. The first kappa shape index (κ1) is 12.9. The summed E-state index contributed by atoms with van der Waals surface area (Å²) in [5.74, 6) is -0.788. The molecule has 106 valence electrons. The number of carbonyl (C=O) groups is 2. The number of benzene rings is 1. The van der Waals surface area contributed by atoms with Crippen LogP contribution in [0.3, 0.4) is 0 Å². The molecule has 1 fully saturated rings. The summed E-state index contributed by atoms with van der Waals surface area (Å²) >= 11 is 0. The Hall–Kier alpha value is -2.08. The standard InChI is InChI=1S/C14H16N2O4/c1-8(17)16-11(12(18)20-2)7-14(19)9-5-3-4-6-10(9)15-13(14)16/h3-6,11,13,15,19H,7H2,1-2H3/t11-,13-,14+/m0/s1. The molecule has 20 heavy (non-hydrogen) atoms. The van der Waals surface area contributed by atoms with Crippen molar-refractivity contribution in [2.75, 3.05) is 12.4 Å². The molecule has 0 aliphatic carbocycles. The van der Waals surface area contributed by atoms with Crippen molar-refractivity contribution in [1.29, 1.82) is 0 Å². The average Bonchev–Trinajstić information content (AvgIpc) is 2.87. The third-order valence-electron chi connectivity index (χ3n) is 4.09. The number of likely N-dealkylation sites (tertiary alicyclic amines) is 1. The van der Waals surface area contributed by atoms with Gasteiger partial charge in [-0.25, -0.2) is 4.79 Å². The summed E-state index contributed by atoms with van der Waals surface area (Å²) in [6.07, 6.45) is -0.505. The summed E-state index contributed by atoms with van der Waals surface area (Å²) in [5.41, 5.74) is 0.235. The van der Waals surface area contributed by atoms with Gasteiger partial charge in [0.1, 0.15) is 17.8 Å². The third kappa shape index (κ3) is 1.54. The van der Waals surface area contributed by atoms with Gasteiger partial charge < -0.3 is 20.1 Å². The van der Waals surface area contributed by atoms with E-state index in [1.165, 1.54) is 18.9 Å². The number of carbonyl (C=O) groups excluding carboxylic acids is 2. The van der Waals surface area contributed by atoms with Gasteiger partial charge in [-0.15, -0.1) is 0 Å². The zero-order valence-electron chi connectivity index (χ0n) is 11.3. The molecule has 1 aromatic carbocycles. The molecule has 1 amide bonds. The van der Waals surface area contributed by atoms with Crippen LogP contribution in [-0.4, -0.2) is 41.2 Å². The van der Waals surface area contributed by atoms with E-state index in [9.17, 15) is 14.7 Å². The minimum absolute atomic E-state index is 0.133. The number of amides is 1. The number of nitrogens with one attached hydrogen (secondary N) is 1. The Kier molecular flexibility index (Phi) is 2.72. The van der Waals surface area contributed by atoms with Crippen LogP contribution < -0.4 is 5.32 Å². The predicted octanol–water partition coefficient (Wildman–Crippen LogP) is 0.420. The molecule has 0 saturated carbocycles. The van der Waals surface area contributed by atoms with Gasteiger partial charge in [-0.3, -0.25) is 4.79 Å². The van der Waals surface area contributed by atoms with E-state index < -0.39 is 23.8 Å². The molecule has 6 nitrogen and oxygen atoms in total. The zero-order valence-corrected chi connectivity index (χ0v) is 11.3. The van der Waals surface area contributed by atoms with Crippen LogP contribution in [0.2, 0.25) is 0 Å². The highest BCUT2D eigenvalue weighted by Gasteiger charge is 2.59. The molecule has 1 saturated heterocycles. The third-order valence-corrected chi connectivity index (χ3v) is 4.09. The van der Waals surface area contributed by atoms with Crippen molar-refractivity contribution in [3.05, 3.63) is 29.8 Å². The van der Waals surface area contributed by atoms with Crippen molar-refractivity contribution in [2.45, 2.75) is 31.2 Å². The van der Waals surface area contributed by atoms with Gasteiger partial charge >= 0.3 is 5.97 Å². The highest BCUT2D eigenvalue weighted by Crippen LogP contribution is 2.49. The fourth-order valence-corrected chi connectivity index (χ4v) is 3.23. The van der Waals surface area contributed by atoms with Crippen LogP contribution in [0.1, 0.15) is 18.9 Å². The van der Waals surface area contributed by atoms with Crippen molar-refractivity contribution in [2.24, 2.45) is 0 Å². The highest BCUT2D eigenvalue weighted by atomic mass is 16.5. The van der Waals surface area contributed by atoms with E-state index in [1.807, 2.05) is 18.2 Å². The monoisotopic (exact) mass is 276 g/mol. The SMILES string of the molecule is COC(=O)[C@@H]1C[C@@]2(O)c3ccccc3N[C@H]2N1C(C)=O. The number of rotatable bonds is 1. The summed E-state index contributed by atoms with van der Waals surface area (Å²) in [7, 11) is 1.28. The Morgan fingerprint density at radius 1 is 1.45 bits per heavy atom.